The maximum atomic E-state index is 11.9. The summed E-state index contributed by atoms with van der Waals surface area (Å²) in [5.41, 5.74) is 6.04. The van der Waals surface area contributed by atoms with Crippen molar-refractivity contribution in [1.29, 1.82) is 0 Å². The van der Waals surface area contributed by atoms with Crippen LogP contribution in [0.25, 0.3) is 0 Å². The van der Waals surface area contributed by atoms with Crippen LogP contribution in [0.4, 0.5) is 4.79 Å². The molecule has 0 saturated heterocycles. The van der Waals surface area contributed by atoms with E-state index in [0.717, 1.165) is 32.1 Å². The number of ether oxygens (including phenoxy) is 2. The fourth-order valence-electron chi connectivity index (χ4n) is 11.9. The minimum atomic E-state index is -0.751. The van der Waals surface area contributed by atoms with Gasteiger partial charge in [-0.15, -0.1) is 0 Å². The van der Waals surface area contributed by atoms with Crippen LogP contribution in [0.5, 0.6) is 0 Å². The summed E-state index contributed by atoms with van der Waals surface area (Å²) in [5.74, 6) is 1.95. The van der Waals surface area contributed by atoms with Crippen molar-refractivity contribution in [2.75, 3.05) is 7.11 Å². The molecule has 0 aromatic rings. The van der Waals surface area contributed by atoms with Crippen molar-refractivity contribution in [3.8, 4) is 0 Å². The van der Waals surface area contributed by atoms with Crippen molar-refractivity contribution in [2.45, 2.75) is 131 Å². The molecule has 4 N–H and O–H groups in total. The number of rotatable bonds is 7. The number of nitrogens with two attached hydrogens (primary N) is 1. The average Bonchev–Trinajstić information content (AvgIpc) is 3.46. The lowest BCUT2D eigenvalue weighted by Crippen LogP contribution is -2.59. The van der Waals surface area contributed by atoms with E-state index in [0.29, 0.717) is 34.5 Å². The molecule has 1 amide bonds. The van der Waals surface area contributed by atoms with Gasteiger partial charge in [0.05, 0.1) is 18.3 Å². The number of amides is 1. The van der Waals surface area contributed by atoms with E-state index in [4.69, 9.17) is 15.2 Å². The second-order valence-electron chi connectivity index (χ2n) is 15.7. The lowest BCUT2D eigenvalue weighted by atomic mass is 9.41. The summed E-state index contributed by atoms with van der Waals surface area (Å²) in [6, 6.07) is 0. The van der Waals surface area contributed by atoms with Gasteiger partial charge in [0.2, 0.25) is 0 Å². The number of carbonyl (C=O) groups is 1. The molecule has 0 aromatic heterocycles. The molecule has 5 rings (SSSR count). The number of carbonyl (C=O) groups excluding carboxylic acids is 1. The number of fused-ring (bicyclic) bond motifs is 2. The normalized spacial score (nSPS) is 49.2. The molecule has 0 bridgehead atoms. The number of primary amides is 1. The van der Waals surface area contributed by atoms with Crippen LogP contribution < -0.4 is 5.73 Å². The molecule has 0 aromatic carbocycles. The molecule has 6 heteroatoms. The van der Waals surface area contributed by atoms with Crippen LogP contribution in [0.15, 0.2) is 0 Å². The van der Waals surface area contributed by atoms with Gasteiger partial charge in [-0.2, -0.15) is 0 Å². The summed E-state index contributed by atoms with van der Waals surface area (Å²) in [7, 11) is 1.70. The Balaban J connectivity index is 1.40. The number of aliphatic hydroxyl groups excluding tert-OH is 2. The third-order valence-electron chi connectivity index (χ3n) is 14.1. The second-order valence-corrected chi connectivity index (χ2v) is 15.7. The predicted octanol–water partition coefficient (Wildman–Crippen LogP) is 5.92. The van der Waals surface area contributed by atoms with Gasteiger partial charge in [0.1, 0.15) is 6.10 Å². The van der Waals surface area contributed by atoms with E-state index >= 15 is 0 Å². The summed E-state index contributed by atoms with van der Waals surface area (Å²) in [6.07, 6.45) is 7.93. The number of methoxy groups -OCH3 is 1. The van der Waals surface area contributed by atoms with Crippen LogP contribution >= 0.6 is 0 Å². The molecule has 218 valence electrons. The third kappa shape index (κ3) is 3.57. The molecule has 38 heavy (non-hydrogen) atoms. The van der Waals surface area contributed by atoms with E-state index in [1.165, 1.54) is 25.7 Å². The fraction of sp³-hybridized carbons (Fsp3) is 0.969. The molecule has 6 unspecified atom stereocenters. The molecule has 5 aliphatic rings. The van der Waals surface area contributed by atoms with Crippen molar-refractivity contribution < 1.29 is 24.5 Å². The Kier molecular flexibility index (Phi) is 6.85. The zero-order chi connectivity index (χ0) is 28.1. The highest BCUT2D eigenvalue weighted by molar-refractivity contribution is 5.64. The van der Waals surface area contributed by atoms with Gasteiger partial charge in [-0.25, -0.2) is 4.79 Å². The molecule has 5 aliphatic carbocycles. The summed E-state index contributed by atoms with van der Waals surface area (Å²) < 4.78 is 11.4. The highest BCUT2D eigenvalue weighted by Gasteiger charge is 2.83. The third-order valence-corrected chi connectivity index (χ3v) is 14.1. The van der Waals surface area contributed by atoms with Crippen molar-refractivity contribution in [2.24, 2.45) is 62.4 Å². The topological polar surface area (TPSA) is 102 Å². The van der Waals surface area contributed by atoms with Crippen molar-refractivity contribution >= 4 is 6.09 Å². The van der Waals surface area contributed by atoms with E-state index in [1.807, 2.05) is 13.8 Å². The Morgan fingerprint density at radius 1 is 0.947 bits per heavy atom. The number of hydrogen-bond acceptors (Lipinski definition) is 5. The van der Waals surface area contributed by atoms with Crippen LogP contribution in [0, 0.1) is 56.7 Å². The van der Waals surface area contributed by atoms with Gasteiger partial charge in [-0.3, -0.25) is 0 Å². The largest absolute Gasteiger partial charge is 0.443 e. The average molecular weight is 534 g/mol. The molecular weight excluding hydrogens is 478 g/mol. The summed E-state index contributed by atoms with van der Waals surface area (Å²) in [5, 5.41) is 22.8. The maximum absolute atomic E-state index is 11.9. The summed E-state index contributed by atoms with van der Waals surface area (Å²) in [4.78, 5) is 11.6. The zero-order valence-corrected chi connectivity index (χ0v) is 25.3. The minimum Gasteiger partial charge on any atom is -0.443 e. The van der Waals surface area contributed by atoms with Gasteiger partial charge >= 0.3 is 6.09 Å². The Morgan fingerprint density at radius 2 is 1.58 bits per heavy atom. The van der Waals surface area contributed by atoms with E-state index in [-0.39, 0.29) is 46.6 Å². The molecule has 0 aliphatic heterocycles. The van der Waals surface area contributed by atoms with Gasteiger partial charge in [0.15, 0.2) is 0 Å². The predicted molar refractivity (Wildman–Crippen MR) is 148 cm³/mol. The Hall–Kier alpha value is -0.850. The Bertz CT molecular complexity index is 937. The van der Waals surface area contributed by atoms with Gasteiger partial charge in [0, 0.05) is 12.5 Å². The van der Waals surface area contributed by atoms with E-state index in [1.54, 1.807) is 7.11 Å². The second kappa shape index (κ2) is 9.08. The first-order valence-electron chi connectivity index (χ1n) is 15.5. The first-order chi connectivity index (χ1) is 17.6. The number of aliphatic hydroxyl groups is 2. The highest BCUT2D eigenvalue weighted by Crippen LogP contribution is 2.89. The number of hydrogen-bond donors (Lipinski definition) is 3. The van der Waals surface area contributed by atoms with E-state index in [2.05, 4.69) is 34.6 Å². The van der Waals surface area contributed by atoms with Gasteiger partial charge in [0.25, 0.3) is 0 Å². The molecule has 0 radical (unpaired) electrons. The molecule has 6 nitrogen and oxygen atoms in total. The first-order valence-corrected chi connectivity index (χ1v) is 15.5. The molecule has 0 heterocycles. The fourth-order valence-corrected chi connectivity index (χ4v) is 11.9. The van der Waals surface area contributed by atoms with Gasteiger partial charge < -0.3 is 25.4 Å². The zero-order valence-electron chi connectivity index (χ0n) is 25.3. The van der Waals surface area contributed by atoms with Gasteiger partial charge in [-0.1, -0.05) is 48.5 Å². The summed E-state index contributed by atoms with van der Waals surface area (Å²) in [6.45, 7) is 15.9. The Labute approximate surface area is 230 Å². The van der Waals surface area contributed by atoms with Crippen LogP contribution in [0.3, 0.4) is 0 Å². The molecule has 2 spiro atoms. The minimum absolute atomic E-state index is 0.0190. The maximum Gasteiger partial charge on any atom is 0.404 e. The van der Waals surface area contributed by atoms with Gasteiger partial charge in [-0.05, 0) is 109 Å². The van der Waals surface area contributed by atoms with Crippen LogP contribution in [0.2, 0.25) is 0 Å². The Morgan fingerprint density at radius 3 is 2.18 bits per heavy atom. The first kappa shape index (κ1) is 28.7. The van der Waals surface area contributed by atoms with Crippen molar-refractivity contribution in [3.05, 3.63) is 0 Å². The van der Waals surface area contributed by atoms with Crippen LogP contribution in [-0.4, -0.2) is 47.8 Å². The van der Waals surface area contributed by atoms with Crippen LogP contribution in [0.1, 0.15) is 106 Å². The quantitative estimate of drug-likeness (QED) is 0.377. The monoisotopic (exact) mass is 533 g/mol. The SMILES string of the molecule is COC(C[C@@H](C)[C@H]1C[C@H](O)[C@@]2(C)C3CC[C@H]4C(C)(C)C(O)CCC45CC35CCC12C)[C@H](OC(N)=O)C(C)C. The van der Waals surface area contributed by atoms with Crippen LogP contribution in [-0.2, 0) is 9.47 Å². The summed E-state index contributed by atoms with van der Waals surface area (Å²) >= 11 is 0. The molecule has 5 fully saturated rings. The molecule has 12 atom stereocenters. The lowest BCUT2D eigenvalue weighted by Gasteiger charge is -2.63. The van der Waals surface area contributed by atoms with Crippen molar-refractivity contribution in [1.82, 2.24) is 0 Å². The smallest absolute Gasteiger partial charge is 0.404 e. The highest BCUT2D eigenvalue weighted by atomic mass is 16.6. The standard InChI is InChI=1S/C32H55NO5/c1-18(2)26(38-27(33)36)21(37-8)15-19(3)20-16-25(35)30(7)23-10-9-22-28(4,5)24(34)11-12-31(22)17-32(23,31)14-13-29(20,30)6/h18-26,34-35H,9-17H2,1-8H3,(H2,33,36)/t19-,20-,21?,22+,23?,24?,25+,26-,29?,30-,31?,32?/m1/s1. The molecule has 5 saturated carbocycles. The van der Waals surface area contributed by atoms with E-state index < -0.39 is 6.09 Å². The van der Waals surface area contributed by atoms with E-state index in [9.17, 15) is 15.0 Å². The van der Waals surface area contributed by atoms with Crippen molar-refractivity contribution in [3.63, 3.8) is 0 Å². The lowest BCUT2D eigenvalue weighted by molar-refractivity contribution is -0.182. The molecular formula is C32H55NO5.